The van der Waals surface area contributed by atoms with E-state index < -0.39 is 0 Å². The molecule has 1 rings (SSSR count). The number of nitrogens with one attached hydrogen (secondary N) is 1. The van der Waals surface area contributed by atoms with Gasteiger partial charge in [-0.1, -0.05) is 12.1 Å². The third kappa shape index (κ3) is 3.58. The van der Waals surface area contributed by atoms with Crippen LogP contribution in [0.25, 0.3) is 0 Å². The van der Waals surface area contributed by atoms with Crippen LogP contribution in [0.15, 0.2) is 24.3 Å². The molecule has 1 unspecified atom stereocenters. The maximum absolute atomic E-state index is 5.49. The molecule has 0 aromatic heterocycles. The van der Waals surface area contributed by atoms with E-state index in [2.05, 4.69) is 17.3 Å². The maximum atomic E-state index is 5.49. The van der Waals surface area contributed by atoms with Crippen molar-refractivity contribution in [2.24, 2.45) is 5.84 Å². The highest BCUT2D eigenvalue weighted by Crippen LogP contribution is 2.19. The number of nitrogens with two attached hydrogens (primary N) is 1. The minimum absolute atomic E-state index is 0.0723. The first-order valence-corrected chi connectivity index (χ1v) is 5.40. The molecule has 0 spiro atoms. The van der Waals surface area contributed by atoms with Crippen LogP contribution in [0.2, 0.25) is 0 Å². The smallest absolute Gasteiger partial charge is 0.119 e. The first kappa shape index (κ1) is 12.6. The van der Waals surface area contributed by atoms with E-state index in [1.54, 1.807) is 0 Å². The van der Waals surface area contributed by atoms with E-state index in [0.29, 0.717) is 13.0 Å². The largest absolute Gasteiger partial charge is 0.494 e. The zero-order valence-electron chi connectivity index (χ0n) is 9.79. The van der Waals surface area contributed by atoms with Crippen molar-refractivity contribution in [1.29, 1.82) is 0 Å². The summed E-state index contributed by atoms with van der Waals surface area (Å²) < 4.78 is 5.38. The van der Waals surface area contributed by atoms with Gasteiger partial charge < -0.3 is 4.74 Å². The third-order valence-corrected chi connectivity index (χ3v) is 2.28. The first-order chi connectivity index (χ1) is 7.81. The molecule has 0 aliphatic heterocycles. The summed E-state index contributed by atoms with van der Waals surface area (Å²) in [4.78, 5) is 0. The van der Waals surface area contributed by atoms with Gasteiger partial charge in [0.05, 0.1) is 12.6 Å². The molecule has 1 aromatic rings. The van der Waals surface area contributed by atoms with Crippen molar-refractivity contribution >= 4 is 0 Å². The lowest BCUT2D eigenvalue weighted by atomic mass is 10.0. The van der Waals surface area contributed by atoms with Crippen LogP contribution < -0.4 is 16.0 Å². The molecule has 3 N–H and O–H groups in total. The average molecular weight is 218 g/mol. The fraction of sp³-hybridized carbons (Fsp3) is 0.385. The Balaban J connectivity index is 2.72. The standard InChI is InChI=1S/C13H18N2O/c1-3-5-6-13(15-14)11-7-9-12(10-8-11)16-4-2/h7-10,13,15H,4,6,14H2,1-2H3. The van der Waals surface area contributed by atoms with Crippen molar-refractivity contribution in [2.45, 2.75) is 26.3 Å². The Morgan fingerprint density at radius 2 is 2.06 bits per heavy atom. The molecule has 1 aromatic carbocycles. The highest BCUT2D eigenvalue weighted by molar-refractivity contribution is 5.29. The molecule has 3 nitrogen and oxygen atoms in total. The summed E-state index contributed by atoms with van der Waals surface area (Å²) in [6.07, 6.45) is 0.709. The Morgan fingerprint density at radius 1 is 1.38 bits per heavy atom. The van der Waals surface area contributed by atoms with Crippen LogP contribution in [-0.2, 0) is 0 Å². The van der Waals surface area contributed by atoms with Gasteiger partial charge in [0.25, 0.3) is 0 Å². The molecule has 0 aliphatic rings. The molecule has 0 heterocycles. The maximum Gasteiger partial charge on any atom is 0.119 e. The van der Waals surface area contributed by atoms with Crippen molar-refractivity contribution in [2.75, 3.05) is 6.61 Å². The highest BCUT2D eigenvalue weighted by Gasteiger charge is 2.07. The Labute approximate surface area is 97.0 Å². The minimum atomic E-state index is 0.0723. The topological polar surface area (TPSA) is 47.3 Å². The molecular weight excluding hydrogens is 200 g/mol. The Hall–Kier alpha value is -1.50. The number of hydrogen-bond donors (Lipinski definition) is 2. The van der Waals surface area contributed by atoms with Gasteiger partial charge in [0.15, 0.2) is 0 Å². The minimum Gasteiger partial charge on any atom is -0.494 e. The van der Waals surface area contributed by atoms with Crippen molar-refractivity contribution in [3.05, 3.63) is 29.8 Å². The first-order valence-electron chi connectivity index (χ1n) is 5.40. The molecular formula is C13H18N2O. The summed E-state index contributed by atoms with van der Waals surface area (Å²) in [6.45, 7) is 4.47. The van der Waals surface area contributed by atoms with Crippen LogP contribution >= 0.6 is 0 Å². The van der Waals surface area contributed by atoms with E-state index in [0.717, 1.165) is 11.3 Å². The Morgan fingerprint density at radius 3 is 2.56 bits per heavy atom. The van der Waals surface area contributed by atoms with Crippen LogP contribution in [0.1, 0.15) is 31.9 Å². The highest BCUT2D eigenvalue weighted by atomic mass is 16.5. The monoisotopic (exact) mass is 218 g/mol. The van der Waals surface area contributed by atoms with E-state index in [9.17, 15) is 0 Å². The molecule has 1 atom stereocenters. The van der Waals surface area contributed by atoms with Crippen LogP contribution in [0.3, 0.4) is 0 Å². The van der Waals surface area contributed by atoms with Gasteiger partial charge >= 0.3 is 0 Å². The number of benzene rings is 1. The predicted octanol–water partition coefficient (Wildman–Crippen LogP) is 2.00. The van der Waals surface area contributed by atoms with Gasteiger partial charge in [0, 0.05) is 6.42 Å². The molecule has 86 valence electrons. The van der Waals surface area contributed by atoms with Crippen molar-refractivity contribution in [3.8, 4) is 17.6 Å². The van der Waals surface area contributed by atoms with Gasteiger partial charge in [-0.25, -0.2) is 0 Å². The van der Waals surface area contributed by atoms with Crippen LogP contribution in [0.4, 0.5) is 0 Å². The van der Waals surface area contributed by atoms with Crippen LogP contribution in [0, 0.1) is 11.8 Å². The zero-order valence-corrected chi connectivity index (χ0v) is 9.79. The quantitative estimate of drug-likeness (QED) is 0.451. The lowest BCUT2D eigenvalue weighted by Gasteiger charge is -2.13. The van der Waals surface area contributed by atoms with Gasteiger partial charge in [-0.2, -0.15) is 0 Å². The average Bonchev–Trinajstić information content (AvgIpc) is 2.32. The third-order valence-electron chi connectivity index (χ3n) is 2.28. The fourth-order valence-electron chi connectivity index (χ4n) is 1.44. The van der Waals surface area contributed by atoms with Crippen molar-refractivity contribution in [3.63, 3.8) is 0 Å². The normalized spacial score (nSPS) is 11.4. The number of hydrogen-bond acceptors (Lipinski definition) is 3. The van der Waals surface area contributed by atoms with Crippen LogP contribution in [0.5, 0.6) is 5.75 Å². The SMILES string of the molecule is CC#CCC(NN)c1ccc(OCC)cc1. The Kier molecular flexibility index (Phi) is 5.41. The van der Waals surface area contributed by atoms with Crippen LogP contribution in [-0.4, -0.2) is 6.61 Å². The zero-order chi connectivity index (χ0) is 11.8. The summed E-state index contributed by atoms with van der Waals surface area (Å²) >= 11 is 0. The second-order valence-electron chi connectivity index (χ2n) is 3.35. The van der Waals surface area contributed by atoms with E-state index in [1.165, 1.54) is 0 Å². The van der Waals surface area contributed by atoms with Gasteiger partial charge in [0.2, 0.25) is 0 Å². The lowest BCUT2D eigenvalue weighted by molar-refractivity contribution is 0.340. The van der Waals surface area contributed by atoms with Crippen molar-refractivity contribution in [1.82, 2.24) is 5.43 Å². The summed E-state index contributed by atoms with van der Waals surface area (Å²) in [5.74, 6) is 12.2. The lowest BCUT2D eigenvalue weighted by Crippen LogP contribution is -2.27. The molecule has 0 saturated carbocycles. The molecule has 3 heteroatoms. The second kappa shape index (κ2) is 6.89. The van der Waals surface area contributed by atoms with Crippen molar-refractivity contribution < 1.29 is 4.74 Å². The van der Waals surface area contributed by atoms with Gasteiger partial charge in [-0.15, -0.1) is 11.8 Å². The summed E-state index contributed by atoms with van der Waals surface area (Å²) in [7, 11) is 0. The summed E-state index contributed by atoms with van der Waals surface area (Å²) in [5.41, 5.74) is 3.88. The number of hydrazine groups is 1. The van der Waals surface area contributed by atoms with Gasteiger partial charge in [0.1, 0.15) is 5.75 Å². The molecule has 0 bridgehead atoms. The summed E-state index contributed by atoms with van der Waals surface area (Å²) in [5, 5.41) is 0. The van der Waals surface area contributed by atoms with E-state index >= 15 is 0 Å². The second-order valence-corrected chi connectivity index (χ2v) is 3.35. The molecule has 0 fully saturated rings. The van der Waals surface area contributed by atoms with Gasteiger partial charge in [-0.05, 0) is 31.5 Å². The van der Waals surface area contributed by atoms with E-state index in [-0.39, 0.29) is 6.04 Å². The molecule has 0 aliphatic carbocycles. The van der Waals surface area contributed by atoms with E-state index in [1.807, 2.05) is 38.1 Å². The van der Waals surface area contributed by atoms with Gasteiger partial charge in [-0.3, -0.25) is 11.3 Å². The van der Waals surface area contributed by atoms with E-state index in [4.69, 9.17) is 10.6 Å². The Bertz CT molecular complexity index is 362. The fourth-order valence-corrected chi connectivity index (χ4v) is 1.44. The summed E-state index contributed by atoms with van der Waals surface area (Å²) in [6, 6.07) is 7.98. The number of ether oxygens (including phenoxy) is 1. The molecule has 0 saturated heterocycles. The molecule has 16 heavy (non-hydrogen) atoms. The number of rotatable bonds is 5. The predicted molar refractivity (Wildman–Crippen MR) is 65.7 cm³/mol. The molecule has 0 amide bonds. The molecule has 0 radical (unpaired) electrons.